The molecule has 0 heterocycles. The summed E-state index contributed by atoms with van der Waals surface area (Å²) in [6.07, 6.45) is 11.7. The Morgan fingerprint density at radius 2 is 1.71 bits per heavy atom. The van der Waals surface area contributed by atoms with Crippen molar-refractivity contribution in [1.82, 2.24) is 5.32 Å². The number of hydrogen-bond acceptors (Lipinski definition) is 1. The fraction of sp³-hybridized carbons (Fsp3) is 1.00. The van der Waals surface area contributed by atoms with E-state index in [0.717, 1.165) is 24.4 Å². The monoisotopic (exact) mass is 237 g/mol. The fourth-order valence-electron chi connectivity index (χ4n) is 4.38. The third-order valence-electron chi connectivity index (χ3n) is 5.37. The zero-order valence-electron chi connectivity index (χ0n) is 12.1. The van der Waals surface area contributed by atoms with E-state index in [0.29, 0.717) is 5.41 Å². The van der Waals surface area contributed by atoms with Crippen molar-refractivity contribution in [3.8, 4) is 0 Å². The predicted molar refractivity (Wildman–Crippen MR) is 75.2 cm³/mol. The molecule has 0 aromatic rings. The molecule has 1 nitrogen and oxygen atoms in total. The minimum Gasteiger partial charge on any atom is -0.314 e. The maximum absolute atomic E-state index is 3.85. The molecule has 1 N–H and O–H groups in total. The topological polar surface area (TPSA) is 12.0 Å². The van der Waals surface area contributed by atoms with E-state index >= 15 is 0 Å². The quantitative estimate of drug-likeness (QED) is 0.765. The van der Waals surface area contributed by atoms with Gasteiger partial charge in [-0.25, -0.2) is 0 Å². The third kappa shape index (κ3) is 3.05. The van der Waals surface area contributed by atoms with Crippen LogP contribution in [0.5, 0.6) is 0 Å². The molecular weight excluding hydrogens is 206 g/mol. The highest BCUT2D eigenvalue weighted by Crippen LogP contribution is 2.46. The second-order valence-electron chi connectivity index (χ2n) is 6.97. The second kappa shape index (κ2) is 5.73. The van der Waals surface area contributed by atoms with Crippen molar-refractivity contribution in [3.05, 3.63) is 0 Å². The van der Waals surface area contributed by atoms with Gasteiger partial charge in [-0.1, -0.05) is 46.5 Å². The molecular formula is C16H31N. The summed E-state index contributed by atoms with van der Waals surface area (Å²) in [6, 6.07) is 0.804. The van der Waals surface area contributed by atoms with Gasteiger partial charge in [-0.05, 0) is 49.5 Å². The van der Waals surface area contributed by atoms with Crippen LogP contribution in [0.2, 0.25) is 0 Å². The van der Waals surface area contributed by atoms with Crippen LogP contribution >= 0.6 is 0 Å². The Kier molecular flexibility index (Phi) is 4.52. The molecule has 1 heteroatoms. The van der Waals surface area contributed by atoms with E-state index in [1.165, 1.54) is 51.4 Å². The maximum atomic E-state index is 3.85. The van der Waals surface area contributed by atoms with Crippen LogP contribution in [0, 0.1) is 17.3 Å². The molecule has 0 aromatic carbocycles. The highest BCUT2D eigenvalue weighted by Gasteiger charge is 2.40. The van der Waals surface area contributed by atoms with Crippen molar-refractivity contribution < 1.29 is 0 Å². The van der Waals surface area contributed by atoms with Gasteiger partial charge < -0.3 is 5.32 Å². The molecule has 0 spiro atoms. The Bertz CT molecular complexity index is 228. The smallest absolute Gasteiger partial charge is 0.0129 e. The van der Waals surface area contributed by atoms with Crippen LogP contribution in [0.4, 0.5) is 0 Å². The van der Waals surface area contributed by atoms with Crippen LogP contribution in [0.3, 0.4) is 0 Å². The number of nitrogens with one attached hydrogen (secondary N) is 1. The first-order valence-corrected chi connectivity index (χ1v) is 7.88. The zero-order valence-corrected chi connectivity index (χ0v) is 12.1. The maximum Gasteiger partial charge on any atom is 0.0129 e. The average Bonchev–Trinajstić information content (AvgIpc) is 2.79. The van der Waals surface area contributed by atoms with Crippen LogP contribution in [0.25, 0.3) is 0 Å². The fourth-order valence-corrected chi connectivity index (χ4v) is 4.38. The third-order valence-corrected chi connectivity index (χ3v) is 5.37. The van der Waals surface area contributed by atoms with Gasteiger partial charge in [0.1, 0.15) is 0 Å². The lowest BCUT2D eigenvalue weighted by Gasteiger charge is -2.45. The molecule has 0 saturated heterocycles. The second-order valence-corrected chi connectivity index (χ2v) is 6.97. The molecule has 0 aliphatic heterocycles. The number of rotatable bonds is 4. The average molecular weight is 237 g/mol. The standard InChI is InChI=1S/C16H31N/c1-4-17-15(13-9-5-6-10-13)14-11-7-8-12-16(14,2)3/h13-15,17H,4-12H2,1-3H3. The molecule has 0 bridgehead atoms. The lowest BCUT2D eigenvalue weighted by atomic mass is 9.63. The van der Waals surface area contributed by atoms with E-state index in [9.17, 15) is 0 Å². The largest absolute Gasteiger partial charge is 0.314 e. The van der Waals surface area contributed by atoms with Crippen LogP contribution in [-0.4, -0.2) is 12.6 Å². The molecule has 2 fully saturated rings. The van der Waals surface area contributed by atoms with E-state index in [-0.39, 0.29) is 0 Å². The lowest BCUT2D eigenvalue weighted by molar-refractivity contribution is 0.0747. The summed E-state index contributed by atoms with van der Waals surface area (Å²) < 4.78 is 0. The first kappa shape index (κ1) is 13.4. The summed E-state index contributed by atoms with van der Waals surface area (Å²) in [5, 5.41) is 3.85. The molecule has 2 unspecified atom stereocenters. The van der Waals surface area contributed by atoms with Crippen LogP contribution in [-0.2, 0) is 0 Å². The van der Waals surface area contributed by atoms with Gasteiger partial charge in [0.15, 0.2) is 0 Å². The van der Waals surface area contributed by atoms with Gasteiger partial charge >= 0.3 is 0 Å². The van der Waals surface area contributed by atoms with Gasteiger partial charge in [0.05, 0.1) is 0 Å². The van der Waals surface area contributed by atoms with Gasteiger partial charge in [0.25, 0.3) is 0 Å². The first-order valence-electron chi connectivity index (χ1n) is 7.88. The zero-order chi connectivity index (χ0) is 12.3. The lowest BCUT2D eigenvalue weighted by Crippen LogP contribution is -2.48. The van der Waals surface area contributed by atoms with Crippen LogP contribution < -0.4 is 5.32 Å². The van der Waals surface area contributed by atoms with E-state index in [4.69, 9.17) is 0 Å². The summed E-state index contributed by atoms with van der Waals surface area (Å²) in [4.78, 5) is 0. The molecule has 0 radical (unpaired) electrons. The Morgan fingerprint density at radius 1 is 1.06 bits per heavy atom. The van der Waals surface area contributed by atoms with Gasteiger partial charge in [-0.2, -0.15) is 0 Å². The molecule has 2 aliphatic carbocycles. The van der Waals surface area contributed by atoms with Crippen LogP contribution in [0.1, 0.15) is 72.1 Å². The van der Waals surface area contributed by atoms with Crippen molar-refractivity contribution in [1.29, 1.82) is 0 Å². The minimum atomic E-state index is 0.563. The van der Waals surface area contributed by atoms with Crippen molar-refractivity contribution in [3.63, 3.8) is 0 Å². The minimum absolute atomic E-state index is 0.563. The van der Waals surface area contributed by atoms with Gasteiger partial charge in [-0.3, -0.25) is 0 Å². The van der Waals surface area contributed by atoms with Crippen molar-refractivity contribution in [2.45, 2.75) is 78.2 Å². The molecule has 2 aliphatic rings. The van der Waals surface area contributed by atoms with E-state index in [1.807, 2.05) is 0 Å². The Hall–Kier alpha value is -0.0400. The van der Waals surface area contributed by atoms with E-state index in [2.05, 4.69) is 26.1 Å². The van der Waals surface area contributed by atoms with E-state index < -0.39 is 0 Å². The molecule has 2 atom stereocenters. The predicted octanol–water partition coefficient (Wildman–Crippen LogP) is 4.37. The molecule has 0 aromatic heterocycles. The first-order chi connectivity index (χ1) is 8.15. The molecule has 0 amide bonds. The summed E-state index contributed by atoms with van der Waals surface area (Å²) in [7, 11) is 0. The highest BCUT2D eigenvalue weighted by atomic mass is 14.9. The highest BCUT2D eigenvalue weighted by molar-refractivity contribution is 4.94. The SMILES string of the molecule is CCNC(C1CCCC1)C1CCCCC1(C)C. The Labute approximate surface area is 108 Å². The summed E-state index contributed by atoms with van der Waals surface area (Å²) in [5.41, 5.74) is 0.563. The molecule has 2 saturated carbocycles. The van der Waals surface area contributed by atoms with E-state index in [1.54, 1.807) is 0 Å². The van der Waals surface area contributed by atoms with Crippen LogP contribution in [0.15, 0.2) is 0 Å². The Balaban J connectivity index is 2.07. The van der Waals surface area contributed by atoms with Gasteiger partial charge in [0.2, 0.25) is 0 Å². The van der Waals surface area contributed by atoms with Gasteiger partial charge in [-0.15, -0.1) is 0 Å². The van der Waals surface area contributed by atoms with Gasteiger partial charge in [0, 0.05) is 6.04 Å². The number of hydrogen-bond donors (Lipinski definition) is 1. The normalized spacial score (nSPS) is 31.6. The summed E-state index contributed by atoms with van der Waals surface area (Å²) in [5.74, 6) is 1.89. The van der Waals surface area contributed by atoms with Crippen molar-refractivity contribution in [2.24, 2.45) is 17.3 Å². The summed E-state index contributed by atoms with van der Waals surface area (Å²) in [6.45, 7) is 8.44. The molecule has 2 rings (SSSR count). The van der Waals surface area contributed by atoms with Crippen molar-refractivity contribution in [2.75, 3.05) is 6.54 Å². The molecule has 100 valence electrons. The van der Waals surface area contributed by atoms with Crippen molar-refractivity contribution >= 4 is 0 Å². The Morgan fingerprint density at radius 3 is 2.29 bits per heavy atom. The summed E-state index contributed by atoms with van der Waals surface area (Å²) >= 11 is 0. The molecule has 17 heavy (non-hydrogen) atoms.